The average Bonchev–Trinajstić information content (AvgIpc) is 2.84. The monoisotopic (exact) mass is 198 g/mol. The first-order chi connectivity index (χ1) is 7.33. The molecule has 4 heteroatoms. The van der Waals surface area contributed by atoms with Crippen molar-refractivity contribution in [2.45, 2.75) is 0 Å². The number of aromatic nitrogens is 4. The molecule has 0 aliphatic heterocycles. The molecule has 3 rings (SSSR count). The first-order valence-electron chi connectivity index (χ1n) is 4.75. The summed E-state index contributed by atoms with van der Waals surface area (Å²) in [5.41, 5.74) is 4.31. The molecule has 0 amide bonds. The van der Waals surface area contributed by atoms with Crippen molar-refractivity contribution in [2.75, 3.05) is 0 Å². The van der Waals surface area contributed by atoms with Crippen LogP contribution < -0.4 is 0 Å². The van der Waals surface area contributed by atoms with Crippen molar-refractivity contribution < 1.29 is 0 Å². The number of benzene rings is 1. The number of aryl methyl sites for hydroxylation is 1. The standard InChI is InChI=1S/C11H10N4/c1-15-6-9(5-14-15)8-2-3-10-11(4-8)13-7-12-10/h2-7H,1H3,(H,12,13). The Bertz CT molecular complexity index is 606. The predicted octanol–water partition coefficient (Wildman–Crippen LogP) is 1.96. The highest BCUT2D eigenvalue weighted by Crippen LogP contribution is 2.21. The fourth-order valence-electron chi connectivity index (χ4n) is 1.69. The first kappa shape index (κ1) is 8.23. The zero-order chi connectivity index (χ0) is 10.3. The van der Waals surface area contributed by atoms with E-state index in [0.29, 0.717) is 0 Å². The number of imidazole rings is 1. The Labute approximate surface area is 86.6 Å². The molecule has 2 heterocycles. The largest absolute Gasteiger partial charge is 0.345 e. The molecule has 0 aliphatic carbocycles. The summed E-state index contributed by atoms with van der Waals surface area (Å²) < 4.78 is 1.80. The molecule has 74 valence electrons. The van der Waals surface area contributed by atoms with Crippen LogP contribution in [-0.4, -0.2) is 19.7 Å². The maximum absolute atomic E-state index is 4.18. The summed E-state index contributed by atoms with van der Waals surface area (Å²) in [6.45, 7) is 0. The lowest BCUT2D eigenvalue weighted by atomic mass is 10.1. The van der Waals surface area contributed by atoms with Crippen molar-refractivity contribution >= 4 is 11.0 Å². The Balaban J connectivity index is 2.18. The highest BCUT2D eigenvalue weighted by molar-refractivity contribution is 5.81. The van der Waals surface area contributed by atoms with Crippen molar-refractivity contribution in [2.24, 2.45) is 7.05 Å². The van der Waals surface area contributed by atoms with Gasteiger partial charge in [0.1, 0.15) is 0 Å². The minimum atomic E-state index is 0.989. The molecule has 0 spiro atoms. The van der Waals surface area contributed by atoms with E-state index in [4.69, 9.17) is 0 Å². The molecule has 0 radical (unpaired) electrons. The van der Waals surface area contributed by atoms with Crippen LogP contribution in [0.2, 0.25) is 0 Å². The SMILES string of the molecule is Cn1cc(-c2ccc3nc[nH]c3c2)cn1. The second-order valence-electron chi connectivity index (χ2n) is 3.54. The van der Waals surface area contributed by atoms with Gasteiger partial charge < -0.3 is 4.98 Å². The Kier molecular flexibility index (Phi) is 1.62. The molecule has 1 N–H and O–H groups in total. The second-order valence-corrected chi connectivity index (χ2v) is 3.54. The molecular formula is C11H10N4. The normalized spacial score (nSPS) is 11.0. The van der Waals surface area contributed by atoms with E-state index in [9.17, 15) is 0 Å². The van der Waals surface area contributed by atoms with Crippen LogP contribution in [0.4, 0.5) is 0 Å². The number of hydrogen-bond acceptors (Lipinski definition) is 2. The van der Waals surface area contributed by atoms with Crippen LogP contribution in [0.3, 0.4) is 0 Å². The number of nitrogens with zero attached hydrogens (tertiary/aromatic N) is 3. The van der Waals surface area contributed by atoms with Gasteiger partial charge in [-0.25, -0.2) is 4.98 Å². The topological polar surface area (TPSA) is 46.5 Å². The summed E-state index contributed by atoms with van der Waals surface area (Å²) in [4.78, 5) is 7.28. The van der Waals surface area contributed by atoms with Gasteiger partial charge in [0, 0.05) is 18.8 Å². The Morgan fingerprint density at radius 3 is 3.00 bits per heavy atom. The number of fused-ring (bicyclic) bond motifs is 1. The van der Waals surface area contributed by atoms with E-state index in [1.165, 1.54) is 0 Å². The zero-order valence-electron chi connectivity index (χ0n) is 8.31. The van der Waals surface area contributed by atoms with E-state index in [0.717, 1.165) is 22.2 Å². The molecular weight excluding hydrogens is 188 g/mol. The van der Waals surface area contributed by atoms with Gasteiger partial charge in [-0.1, -0.05) is 6.07 Å². The van der Waals surface area contributed by atoms with E-state index in [2.05, 4.69) is 27.2 Å². The highest BCUT2D eigenvalue weighted by atomic mass is 15.2. The predicted molar refractivity (Wildman–Crippen MR) is 58.3 cm³/mol. The van der Waals surface area contributed by atoms with E-state index in [-0.39, 0.29) is 0 Å². The molecule has 0 saturated heterocycles. The fraction of sp³-hybridized carbons (Fsp3) is 0.0909. The summed E-state index contributed by atoms with van der Waals surface area (Å²) in [6, 6.07) is 6.15. The summed E-state index contributed by atoms with van der Waals surface area (Å²) in [6.07, 6.45) is 5.56. The summed E-state index contributed by atoms with van der Waals surface area (Å²) in [5.74, 6) is 0. The maximum atomic E-state index is 4.18. The van der Waals surface area contributed by atoms with Gasteiger partial charge in [0.05, 0.1) is 23.6 Å². The number of hydrogen-bond donors (Lipinski definition) is 1. The van der Waals surface area contributed by atoms with Gasteiger partial charge in [-0.3, -0.25) is 4.68 Å². The second kappa shape index (κ2) is 2.95. The van der Waals surface area contributed by atoms with Gasteiger partial charge in [0.25, 0.3) is 0 Å². The maximum Gasteiger partial charge on any atom is 0.0931 e. The van der Waals surface area contributed by atoms with Gasteiger partial charge in [-0.15, -0.1) is 0 Å². The minimum absolute atomic E-state index is 0.989. The van der Waals surface area contributed by atoms with Crippen LogP contribution in [0.15, 0.2) is 36.9 Å². The Hall–Kier alpha value is -2.10. The van der Waals surface area contributed by atoms with Gasteiger partial charge >= 0.3 is 0 Å². The zero-order valence-corrected chi connectivity index (χ0v) is 8.31. The number of aromatic amines is 1. The molecule has 0 unspecified atom stereocenters. The summed E-state index contributed by atoms with van der Waals surface area (Å²) >= 11 is 0. The minimum Gasteiger partial charge on any atom is -0.345 e. The third kappa shape index (κ3) is 1.30. The van der Waals surface area contributed by atoms with Gasteiger partial charge in [0.15, 0.2) is 0 Å². The van der Waals surface area contributed by atoms with Crippen molar-refractivity contribution in [3.05, 3.63) is 36.9 Å². The van der Waals surface area contributed by atoms with E-state index >= 15 is 0 Å². The van der Waals surface area contributed by atoms with Crippen LogP contribution >= 0.6 is 0 Å². The van der Waals surface area contributed by atoms with Crippen LogP contribution in [0, 0.1) is 0 Å². The lowest BCUT2D eigenvalue weighted by molar-refractivity contribution is 0.768. The lowest BCUT2D eigenvalue weighted by Crippen LogP contribution is -1.84. The van der Waals surface area contributed by atoms with Gasteiger partial charge in [0.2, 0.25) is 0 Å². The molecule has 4 nitrogen and oxygen atoms in total. The van der Waals surface area contributed by atoms with Crippen LogP contribution in [0.25, 0.3) is 22.2 Å². The quantitative estimate of drug-likeness (QED) is 0.649. The van der Waals surface area contributed by atoms with Gasteiger partial charge in [-0.05, 0) is 17.7 Å². The smallest absolute Gasteiger partial charge is 0.0931 e. The van der Waals surface area contributed by atoms with E-state index in [1.54, 1.807) is 11.0 Å². The average molecular weight is 198 g/mol. The Morgan fingerprint density at radius 2 is 2.20 bits per heavy atom. The molecule has 0 saturated carbocycles. The third-order valence-corrected chi connectivity index (χ3v) is 2.46. The molecule has 2 aromatic heterocycles. The third-order valence-electron chi connectivity index (χ3n) is 2.46. The number of nitrogens with one attached hydrogen (secondary N) is 1. The lowest BCUT2D eigenvalue weighted by Gasteiger charge is -1.96. The van der Waals surface area contributed by atoms with E-state index in [1.807, 2.05) is 25.5 Å². The molecule has 15 heavy (non-hydrogen) atoms. The molecule has 1 aromatic carbocycles. The van der Waals surface area contributed by atoms with Crippen LogP contribution in [0.5, 0.6) is 0 Å². The summed E-state index contributed by atoms with van der Waals surface area (Å²) in [5, 5.41) is 4.15. The molecule has 0 fully saturated rings. The molecule has 0 bridgehead atoms. The van der Waals surface area contributed by atoms with Crippen LogP contribution in [-0.2, 0) is 7.05 Å². The molecule has 3 aromatic rings. The summed E-state index contributed by atoms with van der Waals surface area (Å²) in [7, 11) is 1.91. The fourth-order valence-corrected chi connectivity index (χ4v) is 1.69. The Morgan fingerprint density at radius 1 is 1.27 bits per heavy atom. The number of H-pyrrole nitrogens is 1. The van der Waals surface area contributed by atoms with Crippen LogP contribution in [0.1, 0.15) is 0 Å². The van der Waals surface area contributed by atoms with Crippen molar-refractivity contribution in [1.82, 2.24) is 19.7 Å². The van der Waals surface area contributed by atoms with Crippen molar-refractivity contribution in [3.63, 3.8) is 0 Å². The molecule has 0 aliphatic rings. The van der Waals surface area contributed by atoms with E-state index < -0.39 is 0 Å². The van der Waals surface area contributed by atoms with Gasteiger partial charge in [-0.2, -0.15) is 5.10 Å². The first-order valence-corrected chi connectivity index (χ1v) is 4.75. The van der Waals surface area contributed by atoms with Crippen molar-refractivity contribution in [3.8, 4) is 11.1 Å². The number of rotatable bonds is 1. The van der Waals surface area contributed by atoms with Crippen molar-refractivity contribution in [1.29, 1.82) is 0 Å². The highest BCUT2D eigenvalue weighted by Gasteiger charge is 2.02. The molecule has 0 atom stereocenters.